The Morgan fingerprint density at radius 1 is 1.21 bits per heavy atom. The van der Waals surface area contributed by atoms with E-state index in [1.807, 2.05) is 30.5 Å². The highest BCUT2D eigenvalue weighted by Gasteiger charge is 2.22. The third-order valence-corrected chi connectivity index (χ3v) is 7.57. The Morgan fingerprint density at radius 3 is 2.68 bits per heavy atom. The topological polar surface area (TPSA) is 72.3 Å². The zero-order chi connectivity index (χ0) is 23.9. The predicted octanol–water partition coefficient (Wildman–Crippen LogP) is 4.58. The second-order valence-electron chi connectivity index (χ2n) is 8.76. The number of aromatic nitrogens is 3. The van der Waals surface area contributed by atoms with Gasteiger partial charge in [0.05, 0.1) is 23.1 Å². The van der Waals surface area contributed by atoms with Gasteiger partial charge in [-0.1, -0.05) is 55.9 Å². The van der Waals surface area contributed by atoms with E-state index in [4.69, 9.17) is 4.74 Å². The number of nitrogens with one attached hydrogen (secondary N) is 1. The third kappa shape index (κ3) is 6.00. The van der Waals surface area contributed by atoms with E-state index in [1.165, 1.54) is 0 Å². The molecule has 1 amide bonds. The van der Waals surface area contributed by atoms with Gasteiger partial charge in [-0.05, 0) is 30.2 Å². The number of ether oxygens (including phenoxy) is 1. The number of carbonyl (C=O) groups is 1. The first-order valence-corrected chi connectivity index (χ1v) is 13.9. The van der Waals surface area contributed by atoms with Gasteiger partial charge in [0.1, 0.15) is 5.82 Å². The third-order valence-electron chi connectivity index (χ3n) is 5.71. The fraction of sp³-hybridized carbons (Fsp3) is 0.480. The number of anilines is 1. The highest BCUT2D eigenvalue weighted by molar-refractivity contribution is 7.98. The molecule has 4 rings (SSSR count). The molecule has 3 aromatic rings. The lowest BCUT2D eigenvalue weighted by molar-refractivity contribution is 0.0957. The largest absolute Gasteiger partial charge is 0.378 e. The molecule has 1 aliphatic heterocycles. The van der Waals surface area contributed by atoms with Gasteiger partial charge in [-0.3, -0.25) is 4.79 Å². The van der Waals surface area contributed by atoms with E-state index in [0.29, 0.717) is 25.7 Å². The first-order valence-electron chi connectivity index (χ1n) is 11.8. The summed E-state index contributed by atoms with van der Waals surface area (Å²) in [5.74, 6) is 1.50. The monoisotopic (exact) mass is 499 g/mol. The van der Waals surface area contributed by atoms with Crippen molar-refractivity contribution in [1.29, 1.82) is 0 Å². The second kappa shape index (κ2) is 11.9. The molecule has 182 valence electrons. The van der Waals surface area contributed by atoms with Gasteiger partial charge < -0.3 is 19.5 Å². The van der Waals surface area contributed by atoms with Crippen LogP contribution in [0.1, 0.15) is 35.8 Å². The molecule has 0 saturated carbocycles. The molecule has 0 unspecified atom stereocenters. The SMILES string of the molecule is CSc1nnc(CCCNC(=O)c2cc(-c3ccccc3)c(N3CCOCC3)s2)n1CC(C)C. The maximum absolute atomic E-state index is 13.0. The zero-order valence-corrected chi connectivity index (χ0v) is 21.8. The molecule has 9 heteroatoms. The minimum Gasteiger partial charge on any atom is -0.378 e. The summed E-state index contributed by atoms with van der Waals surface area (Å²) in [5.41, 5.74) is 2.25. The van der Waals surface area contributed by atoms with Crippen molar-refractivity contribution in [3.05, 3.63) is 47.1 Å². The van der Waals surface area contributed by atoms with Gasteiger partial charge in [-0.15, -0.1) is 21.5 Å². The zero-order valence-electron chi connectivity index (χ0n) is 20.1. The molecule has 0 aliphatic carbocycles. The minimum atomic E-state index is -0.0184. The van der Waals surface area contributed by atoms with Crippen LogP contribution in [0.2, 0.25) is 0 Å². The van der Waals surface area contributed by atoms with Crippen LogP contribution in [-0.4, -0.2) is 59.8 Å². The average molecular weight is 500 g/mol. The van der Waals surface area contributed by atoms with Crippen LogP contribution in [0.3, 0.4) is 0 Å². The molecule has 0 atom stereocenters. The van der Waals surface area contributed by atoms with Crippen LogP contribution in [0.4, 0.5) is 5.00 Å². The number of benzene rings is 1. The summed E-state index contributed by atoms with van der Waals surface area (Å²) >= 11 is 3.19. The van der Waals surface area contributed by atoms with Gasteiger partial charge in [0.2, 0.25) is 0 Å². The highest BCUT2D eigenvalue weighted by Crippen LogP contribution is 2.39. The van der Waals surface area contributed by atoms with E-state index in [2.05, 4.69) is 51.0 Å². The summed E-state index contributed by atoms with van der Waals surface area (Å²) in [6.07, 6.45) is 3.64. The van der Waals surface area contributed by atoms with Crippen LogP contribution in [0, 0.1) is 5.92 Å². The average Bonchev–Trinajstić information content (AvgIpc) is 3.47. The van der Waals surface area contributed by atoms with Crippen molar-refractivity contribution < 1.29 is 9.53 Å². The molecule has 7 nitrogen and oxygen atoms in total. The van der Waals surface area contributed by atoms with E-state index in [1.54, 1.807) is 23.1 Å². The van der Waals surface area contributed by atoms with Crippen LogP contribution < -0.4 is 10.2 Å². The molecule has 1 fully saturated rings. The fourth-order valence-electron chi connectivity index (χ4n) is 4.06. The Kier molecular flexibility index (Phi) is 8.64. The molecule has 0 bridgehead atoms. The lowest BCUT2D eigenvalue weighted by atomic mass is 10.1. The number of morpholine rings is 1. The summed E-state index contributed by atoms with van der Waals surface area (Å²) in [7, 11) is 0. The van der Waals surface area contributed by atoms with Crippen molar-refractivity contribution in [2.75, 3.05) is 44.0 Å². The minimum absolute atomic E-state index is 0.0184. The molecule has 1 N–H and O–H groups in total. The molecule has 0 spiro atoms. The smallest absolute Gasteiger partial charge is 0.261 e. The lowest BCUT2D eigenvalue weighted by Crippen LogP contribution is -2.35. The van der Waals surface area contributed by atoms with Gasteiger partial charge in [-0.2, -0.15) is 0 Å². The summed E-state index contributed by atoms with van der Waals surface area (Å²) in [5, 5.41) is 13.9. The summed E-state index contributed by atoms with van der Waals surface area (Å²) in [4.78, 5) is 16.1. The number of hydrogen-bond donors (Lipinski definition) is 1. The Bertz CT molecular complexity index is 1070. The lowest BCUT2D eigenvalue weighted by Gasteiger charge is -2.28. The van der Waals surface area contributed by atoms with Crippen molar-refractivity contribution >= 4 is 34.0 Å². The van der Waals surface area contributed by atoms with E-state index in [-0.39, 0.29) is 5.91 Å². The number of carbonyl (C=O) groups excluding carboxylic acids is 1. The number of thiophene rings is 1. The molecular weight excluding hydrogens is 466 g/mol. The number of nitrogens with zero attached hydrogens (tertiary/aromatic N) is 4. The van der Waals surface area contributed by atoms with Gasteiger partial charge in [0, 0.05) is 38.2 Å². The highest BCUT2D eigenvalue weighted by atomic mass is 32.2. The Balaban J connectivity index is 1.41. The number of amides is 1. The van der Waals surface area contributed by atoms with Gasteiger partial charge in [-0.25, -0.2) is 0 Å². The van der Waals surface area contributed by atoms with Crippen molar-refractivity contribution in [3.63, 3.8) is 0 Å². The molecule has 3 heterocycles. The maximum atomic E-state index is 13.0. The molecular formula is C25H33N5O2S2. The predicted molar refractivity (Wildman–Crippen MR) is 140 cm³/mol. The molecule has 1 aromatic carbocycles. The number of hydrogen-bond acceptors (Lipinski definition) is 7. The van der Waals surface area contributed by atoms with E-state index in [9.17, 15) is 4.79 Å². The van der Waals surface area contributed by atoms with E-state index >= 15 is 0 Å². The quantitative estimate of drug-likeness (QED) is 0.325. The molecule has 1 aliphatic rings. The van der Waals surface area contributed by atoms with Crippen LogP contribution >= 0.6 is 23.1 Å². The van der Waals surface area contributed by atoms with Crippen molar-refractivity contribution in [2.24, 2.45) is 5.92 Å². The van der Waals surface area contributed by atoms with Crippen LogP contribution in [-0.2, 0) is 17.7 Å². The number of rotatable bonds is 10. The Morgan fingerprint density at radius 2 is 1.97 bits per heavy atom. The van der Waals surface area contributed by atoms with Gasteiger partial charge >= 0.3 is 0 Å². The van der Waals surface area contributed by atoms with Crippen LogP contribution in [0.5, 0.6) is 0 Å². The normalized spacial score (nSPS) is 14.1. The standard InChI is InChI=1S/C25H33N5O2S2/c1-18(2)17-30-22(27-28-25(30)33-3)10-7-11-26-23(31)21-16-20(19-8-5-4-6-9-19)24(34-21)29-12-14-32-15-13-29/h4-6,8-9,16,18H,7,10-15,17H2,1-3H3,(H,26,31). The van der Waals surface area contributed by atoms with Gasteiger partial charge in [0.25, 0.3) is 5.91 Å². The van der Waals surface area contributed by atoms with Crippen LogP contribution in [0.25, 0.3) is 11.1 Å². The molecule has 0 radical (unpaired) electrons. The van der Waals surface area contributed by atoms with Crippen molar-refractivity contribution in [3.8, 4) is 11.1 Å². The second-order valence-corrected chi connectivity index (χ2v) is 10.6. The molecule has 1 saturated heterocycles. The maximum Gasteiger partial charge on any atom is 0.261 e. The summed E-state index contributed by atoms with van der Waals surface area (Å²) < 4.78 is 7.74. The molecule has 34 heavy (non-hydrogen) atoms. The van der Waals surface area contributed by atoms with Crippen LogP contribution in [0.15, 0.2) is 41.6 Å². The number of thioether (sulfide) groups is 1. The summed E-state index contributed by atoms with van der Waals surface area (Å²) in [6.45, 7) is 9.03. The summed E-state index contributed by atoms with van der Waals surface area (Å²) in [6, 6.07) is 12.3. The first kappa shape index (κ1) is 24.8. The fourth-order valence-corrected chi connectivity index (χ4v) is 5.73. The first-order chi connectivity index (χ1) is 16.6. The van der Waals surface area contributed by atoms with E-state index in [0.717, 1.165) is 64.5 Å². The molecule has 2 aromatic heterocycles. The van der Waals surface area contributed by atoms with Gasteiger partial charge in [0.15, 0.2) is 5.16 Å². The van der Waals surface area contributed by atoms with Crippen molar-refractivity contribution in [1.82, 2.24) is 20.1 Å². The van der Waals surface area contributed by atoms with E-state index < -0.39 is 0 Å². The van der Waals surface area contributed by atoms with Crippen molar-refractivity contribution in [2.45, 2.75) is 38.4 Å². The Hall–Kier alpha value is -2.36. The Labute approximate surface area is 209 Å². The number of aryl methyl sites for hydroxylation is 1.